The van der Waals surface area contributed by atoms with Gasteiger partial charge in [0.25, 0.3) is 0 Å². The quantitative estimate of drug-likeness (QED) is 0.566. The monoisotopic (exact) mass is 445 g/mol. The molecule has 1 aliphatic rings. The molecule has 3 aromatic rings. The Morgan fingerprint density at radius 2 is 1.97 bits per heavy atom. The lowest BCUT2D eigenvalue weighted by Crippen LogP contribution is -2.07. The number of carbonyl (C=O) groups excluding carboxylic acids is 2. The number of nitrogens with one attached hydrogen (secondary N) is 1. The van der Waals surface area contributed by atoms with Gasteiger partial charge in [-0.2, -0.15) is 5.10 Å². The van der Waals surface area contributed by atoms with Crippen molar-refractivity contribution in [2.75, 3.05) is 5.32 Å². The van der Waals surface area contributed by atoms with Gasteiger partial charge in [-0.3, -0.25) is 14.3 Å². The lowest BCUT2D eigenvalue weighted by molar-refractivity contribution is -0.118. The molecule has 11 heteroatoms. The highest BCUT2D eigenvalue weighted by Crippen LogP contribution is 2.41. The second-order valence-corrected chi connectivity index (χ2v) is 9.82. The third-order valence-electron chi connectivity index (χ3n) is 5.08. The molecule has 158 valence electrons. The number of nitrogens with zero attached hydrogens (tertiary/aromatic N) is 6. The minimum Gasteiger partial charge on any atom is -0.301 e. The summed E-state index contributed by atoms with van der Waals surface area (Å²) < 4.78 is 1.70. The van der Waals surface area contributed by atoms with E-state index in [1.807, 2.05) is 19.3 Å². The fraction of sp³-hybridized carbons (Fsp3) is 0.526. The molecule has 1 amide bonds. The van der Waals surface area contributed by atoms with Crippen molar-refractivity contribution < 1.29 is 9.59 Å². The van der Waals surface area contributed by atoms with Crippen molar-refractivity contribution in [2.24, 2.45) is 13.0 Å². The van der Waals surface area contributed by atoms with Crippen molar-refractivity contribution in [1.29, 1.82) is 0 Å². The second kappa shape index (κ2) is 9.09. The minimum atomic E-state index is -0.132. The molecule has 1 N–H and O–H groups in total. The van der Waals surface area contributed by atoms with Gasteiger partial charge in [-0.1, -0.05) is 11.3 Å². The first kappa shape index (κ1) is 20.7. The second-order valence-electron chi connectivity index (χ2n) is 7.67. The smallest absolute Gasteiger partial charge is 0.223 e. The van der Waals surface area contributed by atoms with E-state index in [-0.39, 0.29) is 11.7 Å². The van der Waals surface area contributed by atoms with E-state index < -0.39 is 0 Å². The van der Waals surface area contributed by atoms with Crippen LogP contribution in [0.1, 0.15) is 52.8 Å². The van der Waals surface area contributed by atoms with Gasteiger partial charge in [-0.25, -0.2) is 0 Å². The lowest BCUT2D eigenvalue weighted by atomic mass is 10.0. The minimum absolute atomic E-state index is 0.101. The SMILES string of the molecule is CC(=O)Nc1nnc([C@@H]2CC[C@H](Cc3nnc(CC(=O)Cc4ccn(C)n4)s3)C2)s1. The molecule has 0 spiro atoms. The summed E-state index contributed by atoms with van der Waals surface area (Å²) in [5, 5.41) is 27.1. The van der Waals surface area contributed by atoms with Crippen LogP contribution in [0.4, 0.5) is 5.13 Å². The number of hydrogen-bond donors (Lipinski definition) is 1. The zero-order chi connectivity index (χ0) is 21.1. The fourth-order valence-corrected chi connectivity index (χ4v) is 5.69. The number of ketones is 1. The van der Waals surface area contributed by atoms with Crippen LogP contribution < -0.4 is 5.32 Å². The molecule has 0 saturated heterocycles. The zero-order valence-electron chi connectivity index (χ0n) is 16.9. The highest BCUT2D eigenvalue weighted by atomic mass is 32.1. The fourth-order valence-electron chi connectivity index (χ4n) is 3.77. The predicted octanol–water partition coefficient (Wildman–Crippen LogP) is 2.56. The third-order valence-corrected chi connectivity index (χ3v) is 7.03. The standard InChI is InChI=1S/C19H23N7O2S2/c1-11(27)20-19-24-23-18(30-19)13-4-3-12(7-13)8-16-21-22-17(29-16)10-15(28)9-14-5-6-26(2)25-14/h5-6,12-13H,3-4,7-10H2,1-2H3,(H,20,24,27)/t12-,13+/m0/s1. The van der Waals surface area contributed by atoms with Crippen LogP contribution in [0.25, 0.3) is 0 Å². The van der Waals surface area contributed by atoms with Crippen LogP contribution in [-0.2, 0) is 35.9 Å². The number of Topliss-reactive ketones (excluding diaryl/α,β-unsaturated/α-hetero) is 1. The Morgan fingerprint density at radius 1 is 1.13 bits per heavy atom. The molecule has 4 rings (SSSR count). The molecule has 0 unspecified atom stereocenters. The molecule has 1 aliphatic carbocycles. The number of rotatable bonds is 8. The molecule has 1 saturated carbocycles. The zero-order valence-corrected chi connectivity index (χ0v) is 18.5. The van der Waals surface area contributed by atoms with Crippen LogP contribution >= 0.6 is 22.7 Å². The summed E-state index contributed by atoms with van der Waals surface area (Å²) in [6.45, 7) is 1.47. The van der Waals surface area contributed by atoms with Crippen molar-refractivity contribution in [3.63, 3.8) is 0 Å². The van der Waals surface area contributed by atoms with Crippen LogP contribution in [0.15, 0.2) is 12.3 Å². The molecule has 0 bridgehead atoms. The number of anilines is 1. The molecule has 3 aromatic heterocycles. The van der Waals surface area contributed by atoms with E-state index in [2.05, 4.69) is 30.8 Å². The summed E-state index contributed by atoms with van der Waals surface area (Å²) in [6.07, 6.45) is 6.53. The molecule has 2 atom stereocenters. The van der Waals surface area contributed by atoms with Crippen molar-refractivity contribution in [3.05, 3.63) is 33.0 Å². The number of aryl methyl sites for hydroxylation is 1. The number of hydrogen-bond acceptors (Lipinski definition) is 9. The number of carbonyl (C=O) groups is 2. The van der Waals surface area contributed by atoms with Crippen molar-refractivity contribution >= 4 is 39.5 Å². The van der Waals surface area contributed by atoms with Gasteiger partial charge < -0.3 is 5.32 Å². The Kier molecular flexibility index (Phi) is 6.28. The predicted molar refractivity (Wildman–Crippen MR) is 114 cm³/mol. The van der Waals surface area contributed by atoms with E-state index >= 15 is 0 Å². The first-order valence-corrected chi connectivity index (χ1v) is 11.5. The molecule has 9 nitrogen and oxygen atoms in total. The average molecular weight is 446 g/mol. The van der Waals surface area contributed by atoms with E-state index in [1.54, 1.807) is 4.68 Å². The van der Waals surface area contributed by atoms with Crippen LogP contribution in [0.3, 0.4) is 0 Å². The van der Waals surface area contributed by atoms with Gasteiger partial charge in [-0.15, -0.1) is 31.7 Å². The molecule has 0 aliphatic heterocycles. The van der Waals surface area contributed by atoms with Gasteiger partial charge in [0.05, 0.1) is 18.5 Å². The molecule has 1 fully saturated rings. The Bertz CT molecular complexity index is 1040. The summed E-state index contributed by atoms with van der Waals surface area (Å²) in [5.74, 6) is 0.867. The summed E-state index contributed by atoms with van der Waals surface area (Å²) >= 11 is 2.99. The van der Waals surface area contributed by atoms with Crippen LogP contribution in [0.2, 0.25) is 0 Å². The molecule has 3 heterocycles. The maximum Gasteiger partial charge on any atom is 0.223 e. The Balaban J connectivity index is 1.27. The van der Waals surface area contributed by atoms with E-state index in [9.17, 15) is 9.59 Å². The first-order chi connectivity index (χ1) is 14.4. The average Bonchev–Trinajstić information content (AvgIpc) is 3.44. The van der Waals surface area contributed by atoms with Gasteiger partial charge in [-0.05, 0) is 31.2 Å². The topological polar surface area (TPSA) is 116 Å². The van der Waals surface area contributed by atoms with Crippen molar-refractivity contribution in [3.8, 4) is 0 Å². The van der Waals surface area contributed by atoms with Crippen molar-refractivity contribution in [2.45, 2.75) is 51.4 Å². The van der Waals surface area contributed by atoms with E-state index in [1.165, 1.54) is 29.6 Å². The molecule has 0 aromatic carbocycles. The van der Waals surface area contributed by atoms with E-state index in [0.717, 1.165) is 46.4 Å². The first-order valence-electron chi connectivity index (χ1n) is 9.87. The highest BCUT2D eigenvalue weighted by Gasteiger charge is 2.29. The Morgan fingerprint density at radius 3 is 2.73 bits per heavy atom. The number of aromatic nitrogens is 6. The van der Waals surface area contributed by atoms with Crippen LogP contribution in [0.5, 0.6) is 0 Å². The lowest BCUT2D eigenvalue weighted by Gasteiger charge is -2.06. The summed E-state index contributed by atoms with van der Waals surface area (Å²) in [5.41, 5.74) is 0.780. The molecular formula is C19H23N7O2S2. The van der Waals surface area contributed by atoms with E-state index in [4.69, 9.17) is 0 Å². The van der Waals surface area contributed by atoms with Crippen LogP contribution in [-0.4, -0.2) is 41.9 Å². The maximum absolute atomic E-state index is 12.3. The summed E-state index contributed by atoms with van der Waals surface area (Å²) in [6, 6.07) is 1.86. The Labute approximate surface area is 181 Å². The Hall–Kier alpha value is -2.53. The normalized spacial score (nSPS) is 18.6. The maximum atomic E-state index is 12.3. The van der Waals surface area contributed by atoms with E-state index in [0.29, 0.717) is 29.8 Å². The van der Waals surface area contributed by atoms with Gasteiger partial charge in [0.15, 0.2) is 0 Å². The third kappa shape index (κ3) is 5.33. The van der Waals surface area contributed by atoms with Gasteiger partial charge >= 0.3 is 0 Å². The highest BCUT2D eigenvalue weighted by molar-refractivity contribution is 7.15. The molecular weight excluding hydrogens is 422 g/mol. The van der Waals surface area contributed by atoms with Gasteiger partial charge in [0.2, 0.25) is 11.0 Å². The van der Waals surface area contributed by atoms with Crippen molar-refractivity contribution in [1.82, 2.24) is 30.2 Å². The van der Waals surface area contributed by atoms with Gasteiger partial charge in [0, 0.05) is 32.5 Å². The summed E-state index contributed by atoms with van der Waals surface area (Å²) in [4.78, 5) is 23.4. The van der Waals surface area contributed by atoms with Crippen LogP contribution in [0, 0.1) is 5.92 Å². The van der Waals surface area contributed by atoms with Gasteiger partial charge in [0.1, 0.15) is 20.8 Å². The summed E-state index contributed by atoms with van der Waals surface area (Å²) in [7, 11) is 1.84. The number of amides is 1. The molecule has 0 radical (unpaired) electrons. The molecule has 30 heavy (non-hydrogen) atoms. The largest absolute Gasteiger partial charge is 0.301 e.